The number of nitrogens with zero attached hydrogens (tertiary/aromatic N) is 1. The molecular weight excluding hydrogens is 366 g/mol. The van der Waals surface area contributed by atoms with Gasteiger partial charge in [0.2, 0.25) is 0 Å². The molecule has 0 radical (unpaired) electrons. The predicted octanol–water partition coefficient (Wildman–Crippen LogP) is 4.04. The van der Waals surface area contributed by atoms with E-state index in [9.17, 15) is 0 Å². The molecular formula is C19H22BrN3O. The number of guanidine groups is 1. The summed E-state index contributed by atoms with van der Waals surface area (Å²) >= 11 is 3.46. The molecule has 1 aromatic carbocycles. The second kappa shape index (κ2) is 8.73. The first kappa shape index (κ1) is 16.8. The van der Waals surface area contributed by atoms with Gasteiger partial charge in [-0.05, 0) is 42.7 Å². The minimum Gasteiger partial charge on any atom is -0.469 e. The highest BCUT2D eigenvalue weighted by atomic mass is 79.9. The second-order valence-electron chi connectivity index (χ2n) is 5.83. The van der Waals surface area contributed by atoms with Crippen molar-refractivity contribution in [1.82, 2.24) is 10.6 Å². The maximum Gasteiger partial charge on any atom is 0.191 e. The Morgan fingerprint density at radius 2 is 1.96 bits per heavy atom. The van der Waals surface area contributed by atoms with Crippen LogP contribution >= 0.6 is 15.9 Å². The topological polar surface area (TPSA) is 49.6 Å². The number of aliphatic imine (C=N–C) groups is 1. The number of halogens is 1. The molecule has 0 spiro atoms. The van der Waals surface area contributed by atoms with E-state index in [2.05, 4.69) is 50.8 Å². The van der Waals surface area contributed by atoms with E-state index >= 15 is 0 Å². The van der Waals surface area contributed by atoms with Crippen LogP contribution in [0, 0.1) is 0 Å². The third kappa shape index (κ3) is 5.27. The van der Waals surface area contributed by atoms with Crippen molar-refractivity contribution in [2.45, 2.75) is 31.8 Å². The number of furan rings is 1. The van der Waals surface area contributed by atoms with E-state index < -0.39 is 0 Å². The van der Waals surface area contributed by atoms with E-state index in [4.69, 9.17) is 9.41 Å². The third-order valence-electron chi connectivity index (χ3n) is 3.93. The lowest BCUT2D eigenvalue weighted by Gasteiger charge is -2.17. The number of nitrogens with one attached hydrogen (secondary N) is 2. The zero-order valence-electron chi connectivity index (χ0n) is 13.5. The van der Waals surface area contributed by atoms with Crippen molar-refractivity contribution in [2.24, 2.45) is 4.99 Å². The fraction of sp³-hybridized carbons (Fsp3) is 0.316. The fourth-order valence-electron chi connectivity index (χ4n) is 2.60. The van der Waals surface area contributed by atoms with Crippen LogP contribution in [-0.2, 0) is 13.0 Å². The van der Waals surface area contributed by atoms with Crippen LogP contribution in [0.15, 0.2) is 68.7 Å². The minimum absolute atomic E-state index is 0.435. The summed E-state index contributed by atoms with van der Waals surface area (Å²) in [4.78, 5) is 4.73. The molecule has 0 amide bonds. The van der Waals surface area contributed by atoms with E-state index in [0.717, 1.165) is 42.0 Å². The highest BCUT2D eigenvalue weighted by Crippen LogP contribution is 2.12. The van der Waals surface area contributed by atoms with Gasteiger partial charge in [0, 0.05) is 23.5 Å². The highest BCUT2D eigenvalue weighted by molar-refractivity contribution is 9.10. The van der Waals surface area contributed by atoms with Gasteiger partial charge in [-0.15, -0.1) is 0 Å². The molecule has 24 heavy (non-hydrogen) atoms. The Morgan fingerprint density at radius 3 is 2.67 bits per heavy atom. The van der Waals surface area contributed by atoms with Crippen molar-refractivity contribution >= 4 is 21.9 Å². The number of rotatable bonds is 6. The van der Waals surface area contributed by atoms with Crippen molar-refractivity contribution in [2.75, 3.05) is 6.54 Å². The first-order chi connectivity index (χ1) is 11.8. The maximum atomic E-state index is 5.37. The van der Waals surface area contributed by atoms with Crippen LogP contribution in [-0.4, -0.2) is 18.5 Å². The average molecular weight is 388 g/mol. The average Bonchev–Trinajstić information content (AvgIpc) is 3.27. The second-order valence-corrected chi connectivity index (χ2v) is 6.75. The Bertz CT molecular complexity index is 669. The molecule has 0 aliphatic heterocycles. The molecule has 3 rings (SSSR count). The molecule has 4 nitrogen and oxygen atoms in total. The van der Waals surface area contributed by atoms with Gasteiger partial charge in [-0.3, -0.25) is 0 Å². The molecule has 1 aliphatic carbocycles. The zero-order valence-corrected chi connectivity index (χ0v) is 15.1. The fourth-order valence-corrected chi connectivity index (χ4v) is 2.86. The summed E-state index contributed by atoms with van der Waals surface area (Å²) in [5, 5.41) is 6.92. The van der Waals surface area contributed by atoms with Crippen LogP contribution in [0.2, 0.25) is 0 Å². The Hall–Kier alpha value is -2.01. The molecule has 5 heteroatoms. The lowest BCUT2D eigenvalue weighted by Crippen LogP contribution is -2.43. The molecule has 2 N–H and O–H groups in total. The van der Waals surface area contributed by atoms with Crippen molar-refractivity contribution < 1.29 is 4.42 Å². The Balaban J connectivity index is 1.57. The van der Waals surface area contributed by atoms with Gasteiger partial charge >= 0.3 is 0 Å². The first-order valence-electron chi connectivity index (χ1n) is 8.26. The van der Waals surface area contributed by atoms with Crippen LogP contribution in [0.5, 0.6) is 0 Å². The summed E-state index contributed by atoms with van der Waals surface area (Å²) in [7, 11) is 0. The predicted molar refractivity (Wildman–Crippen MR) is 101 cm³/mol. The van der Waals surface area contributed by atoms with Crippen LogP contribution in [0.3, 0.4) is 0 Å². The Kier molecular flexibility index (Phi) is 6.13. The van der Waals surface area contributed by atoms with Gasteiger partial charge in [-0.25, -0.2) is 4.99 Å². The highest BCUT2D eigenvalue weighted by Gasteiger charge is 2.11. The molecule has 2 aromatic rings. The van der Waals surface area contributed by atoms with Gasteiger partial charge in [0.15, 0.2) is 5.96 Å². The molecule has 0 saturated carbocycles. The van der Waals surface area contributed by atoms with Crippen LogP contribution in [0.25, 0.3) is 0 Å². The van der Waals surface area contributed by atoms with Gasteiger partial charge < -0.3 is 15.1 Å². The molecule has 1 aromatic heterocycles. The van der Waals surface area contributed by atoms with Crippen LogP contribution in [0.4, 0.5) is 0 Å². The summed E-state index contributed by atoms with van der Waals surface area (Å²) in [6.07, 6.45) is 9.09. The maximum absolute atomic E-state index is 5.37. The van der Waals surface area contributed by atoms with Crippen LogP contribution in [0.1, 0.15) is 24.2 Å². The molecule has 0 atom stereocenters. The van der Waals surface area contributed by atoms with Crippen molar-refractivity contribution in [1.29, 1.82) is 0 Å². The zero-order chi connectivity index (χ0) is 16.6. The summed E-state index contributed by atoms with van der Waals surface area (Å²) < 4.78 is 6.46. The quantitative estimate of drug-likeness (QED) is 0.446. The van der Waals surface area contributed by atoms with Gasteiger partial charge in [0.1, 0.15) is 5.76 Å². The molecule has 0 fully saturated rings. The van der Waals surface area contributed by atoms with E-state index in [1.165, 1.54) is 5.56 Å². The summed E-state index contributed by atoms with van der Waals surface area (Å²) in [6.45, 7) is 1.45. The SMILES string of the molecule is Brc1ccc(CN=C(NCCc2ccco2)NC2CC=CC2)cc1. The lowest BCUT2D eigenvalue weighted by molar-refractivity contribution is 0.506. The molecule has 1 heterocycles. The van der Waals surface area contributed by atoms with Crippen molar-refractivity contribution in [3.05, 3.63) is 70.6 Å². The van der Waals surface area contributed by atoms with E-state index in [1.54, 1.807) is 6.26 Å². The first-order valence-corrected chi connectivity index (χ1v) is 9.05. The van der Waals surface area contributed by atoms with Crippen molar-refractivity contribution in [3.8, 4) is 0 Å². The molecule has 0 saturated heterocycles. The Labute approximate surface area is 151 Å². The number of hydrogen-bond acceptors (Lipinski definition) is 2. The smallest absolute Gasteiger partial charge is 0.191 e. The monoisotopic (exact) mass is 387 g/mol. The number of hydrogen-bond donors (Lipinski definition) is 2. The molecule has 126 valence electrons. The summed E-state index contributed by atoms with van der Waals surface area (Å²) in [5.74, 6) is 1.84. The normalized spacial score (nSPS) is 15.0. The minimum atomic E-state index is 0.435. The Morgan fingerprint density at radius 1 is 1.17 bits per heavy atom. The summed E-state index contributed by atoms with van der Waals surface area (Å²) in [5.41, 5.74) is 1.19. The van der Waals surface area contributed by atoms with Gasteiger partial charge in [-0.1, -0.05) is 40.2 Å². The van der Waals surface area contributed by atoms with E-state index in [0.29, 0.717) is 12.6 Å². The third-order valence-corrected chi connectivity index (χ3v) is 4.45. The van der Waals surface area contributed by atoms with Gasteiger partial charge in [-0.2, -0.15) is 0 Å². The van der Waals surface area contributed by atoms with E-state index in [1.807, 2.05) is 24.3 Å². The molecule has 0 bridgehead atoms. The van der Waals surface area contributed by atoms with Gasteiger partial charge in [0.05, 0.1) is 12.8 Å². The molecule has 1 aliphatic rings. The molecule has 0 unspecified atom stereocenters. The lowest BCUT2D eigenvalue weighted by atomic mass is 10.2. The van der Waals surface area contributed by atoms with Crippen LogP contribution < -0.4 is 10.6 Å². The largest absolute Gasteiger partial charge is 0.469 e. The summed E-state index contributed by atoms with van der Waals surface area (Å²) in [6, 6.07) is 12.6. The number of benzene rings is 1. The standard InChI is InChI=1S/C19H22BrN3O/c20-16-9-7-15(8-10-16)14-22-19(23-17-4-1-2-5-17)21-12-11-18-6-3-13-24-18/h1-3,6-10,13,17H,4-5,11-12,14H2,(H2,21,22,23). The van der Waals surface area contributed by atoms with E-state index in [-0.39, 0.29) is 0 Å². The van der Waals surface area contributed by atoms with Crippen molar-refractivity contribution in [3.63, 3.8) is 0 Å². The van der Waals surface area contributed by atoms with Gasteiger partial charge in [0.25, 0.3) is 0 Å².